The molecule has 1 atom stereocenters. The third-order valence-corrected chi connectivity index (χ3v) is 7.98. The van der Waals surface area contributed by atoms with Gasteiger partial charge in [-0.05, 0) is 35.0 Å². The molecule has 0 spiro atoms. The Balaban J connectivity index is 1.60. The molecule has 37 heavy (non-hydrogen) atoms. The minimum absolute atomic E-state index is 0.138. The standard InChI is InChI=1S/C27H28F2N4O3Si/c1-36-19-11-9-17(10-12-19)26(32-25(34)16-33-23-8-6-5-7-18(23)15-30-33)27(35)31-22-13-21(29)24(14-20(22)28)37(2,3)4/h5-15,26H,16H2,1-4H3,(H,31,35)(H,32,34). The van der Waals surface area contributed by atoms with Crippen molar-refractivity contribution in [1.29, 1.82) is 0 Å². The topological polar surface area (TPSA) is 85.2 Å². The lowest BCUT2D eigenvalue weighted by atomic mass is 10.1. The first kappa shape index (κ1) is 26.0. The molecule has 0 fully saturated rings. The fraction of sp³-hybridized carbons (Fsp3) is 0.222. The van der Waals surface area contributed by atoms with Gasteiger partial charge < -0.3 is 15.4 Å². The first-order valence-electron chi connectivity index (χ1n) is 11.7. The number of carbonyl (C=O) groups is 2. The normalized spacial score (nSPS) is 12.3. The van der Waals surface area contributed by atoms with Crippen molar-refractivity contribution in [3.05, 3.63) is 84.1 Å². The van der Waals surface area contributed by atoms with Crippen LogP contribution in [0.25, 0.3) is 10.9 Å². The smallest absolute Gasteiger partial charge is 0.251 e. The lowest BCUT2D eigenvalue weighted by Crippen LogP contribution is -2.41. The Hall–Kier alpha value is -4.05. The minimum atomic E-state index is -2.13. The summed E-state index contributed by atoms with van der Waals surface area (Å²) in [7, 11) is -0.623. The number of amides is 2. The number of aromatic nitrogens is 2. The minimum Gasteiger partial charge on any atom is -0.497 e. The molecule has 2 amide bonds. The van der Waals surface area contributed by atoms with E-state index < -0.39 is 37.6 Å². The zero-order chi connectivity index (χ0) is 26.7. The highest BCUT2D eigenvalue weighted by Gasteiger charge is 2.27. The van der Waals surface area contributed by atoms with Crippen LogP contribution in [-0.4, -0.2) is 36.8 Å². The lowest BCUT2D eigenvalue weighted by molar-refractivity contribution is -0.127. The Bertz CT molecular complexity index is 1450. The lowest BCUT2D eigenvalue weighted by Gasteiger charge is -2.21. The van der Waals surface area contributed by atoms with Crippen LogP contribution < -0.4 is 20.6 Å². The van der Waals surface area contributed by atoms with Crippen LogP contribution in [0.15, 0.2) is 66.9 Å². The Kier molecular flexibility index (Phi) is 7.39. The molecule has 3 aromatic carbocycles. The number of nitrogens with one attached hydrogen (secondary N) is 2. The molecule has 1 heterocycles. The second kappa shape index (κ2) is 10.5. The summed E-state index contributed by atoms with van der Waals surface area (Å²) < 4.78 is 36.3. The molecule has 192 valence electrons. The van der Waals surface area contributed by atoms with E-state index in [9.17, 15) is 18.4 Å². The number of hydrogen-bond donors (Lipinski definition) is 2. The molecule has 7 nitrogen and oxygen atoms in total. The summed E-state index contributed by atoms with van der Waals surface area (Å²) in [6.45, 7) is 5.57. The second-order valence-electron chi connectivity index (χ2n) is 9.69. The van der Waals surface area contributed by atoms with Crippen molar-refractivity contribution in [1.82, 2.24) is 15.1 Å². The molecule has 0 radical (unpaired) electrons. The number of benzene rings is 3. The van der Waals surface area contributed by atoms with Gasteiger partial charge in [-0.3, -0.25) is 14.3 Å². The average molecular weight is 523 g/mol. The molecular formula is C27H28F2N4O3Si. The molecule has 4 aromatic rings. The highest BCUT2D eigenvalue weighted by Crippen LogP contribution is 2.23. The Labute approximate surface area is 214 Å². The Morgan fingerprint density at radius 2 is 1.73 bits per heavy atom. The number of nitrogens with zero attached hydrogens (tertiary/aromatic N) is 2. The van der Waals surface area contributed by atoms with Crippen molar-refractivity contribution >= 4 is 41.7 Å². The van der Waals surface area contributed by atoms with Gasteiger partial charge in [-0.25, -0.2) is 8.78 Å². The molecule has 0 bridgehead atoms. The summed E-state index contributed by atoms with van der Waals surface area (Å²) in [6.07, 6.45) is 1.65. The molecule has 1 aromatic heterocycles. The Morgan fingerprint density at radius 3 is 2.41 bits per heavy atom. The van der Waals surface area contributed by atoms with Gasteiger partial charge in [0.1, 0.15) is 30.0 Å². The van der Waals surface area contributed by atoms with Gasteiger partial charge in [0.25, 0.3) is 5.91 Å². The molecule has 0 saturated carbocycles. The first-order chi connectivity index (χ1) is 17.6. The van der Waals surface area contributed by atoms with E-state index in [-0.39, 0.29) is 12.2 Å². The van der Waals surface area contributed by atoms with Crippen LogP contribution in [0.4, 0.5) is 14.5 Å². The van der Waals surface area contributed by atoms with E-state index in [1.165, 1.54) is 11.8 Å². The molecular weight excluding hydrogens is 494 g/mol. The van der Waals surface area contributed by atoms with E-state index in [1.807, 2.05) is 43.9 Å². The van der Waals surface area contributed by atoms with Gasteiger partial charge in [0.2, 0.25) is 5.91 Å². The molecule has 0 aliphatic heterocycles. The number of ether oxygens (including phenoxy) is 1. The average Bonchev–Trinajstić information content (AvgIpc) is 3.26. The van der Waals surface area contributed by atoms with Crippen molar-refractivity contribution in [2.24, 2.45) is 0 Å². The van der Waals surface area contributed by atoms with Crippen LogP contribution in [0.1, 0.15) is 11.6 Å². The van der Waals surface area contributed by atoms with Crippen LogP contribution in [0, 0.1) is 11.6 Å². The number of rotatable bonds is 8. The van der Waals surface area contributed by atoms with Gasteiger partial charge in [0, 0.05) is 11.5 Å². The maximum absolute atomic E-state index is 14.9. The molecule has 0 aliphatic carbocycles. The number of anilines is 1. The molecule has 2 N–H and O–H groups in total. The summed E-state index contributed by atoms with van der Waals surface area (Å²) >= 11 is 0. The number of methoxy groups -OCH3 is 1. The molecule has 0 saturated heterocycles. The van der Waals surface area contributed by atoms with Crippen LogP contribution in [0.5, 0.6) is 5.75 Å². The fourth-order valence-corrected chi connectivity index (χ4v) is 5.36. The number of carbonyl (C=O) groups excluding carboxylic acids is 2. The van der Waals surface area contributed by atoms with Gasteiger partial charge in [0.05, 0.1) is 32.6 Å². The zero-order valence-corrected chi connectivity index (χ0v) is 22.0. The number of hydrogen-bond acceptors (Lipinski definition) is 4. The van der Waals surface area contributed by atoms with E-state index in [1.54, 1.807) is 30.5 Å². The number of para-hydroxylation sites is 1. The fourth-order valence-electron chi connectivity index (χ4n) is 4.01. The Morgan fingerprint density at radius 1 is 1.03 bits per heavy atom. The largest absolute Gasteiger partial charge is 0.497 e. The van der Waals surface area contributed by atoms with Gasteiger partial charge in [-0.1, -0.05) is 50.0 Å². The third-order valence-electron chi connectivity index (χ3n) is 5.98. The van der Waals surface area contributed by atoms with Crippen molar-refractivity contribution in [3.8, 4) is 5.75 Å². The van der Waals surface area contributed by atoms with E-state index in [0.29, 0.717) is 16.5 Å². The molecule has 4 rings (SSSR count). The summed E-state index contributed by atoms with van der Waals surface area (Å²) in [6, 6.07) is 14.9. The van der Waals surface area contributed by atoms with Crippen molar-refractivity contribution in [2.45, 2.75) is 32.2 Å². The predicted molar refractivity (Wildman–Crippen MR) is 142 cm³/mol. The van der Waals surface area contributed by atoms with Crippen LogP contribution in [-0.2, 0) is 16.1 Å². The predicted octanol–water partition coefficient (Wildman–Crippen LogP) is 4.36. The molecule has 1 unspecified atom stereocenters. The summed E-state index contributed by atoms with van der Waals surface area (Å²) in [5, 5.41) is 10.6. The summed E-state index contributed by atoms with van der Waals surface area (Å²) in [4.78, 5) is 26.3. The van der Waals surface area contributed by atoms with E-state index in [0.717, 1.165) is 23.0 Å². The van der Waals surface area contributed by atoms with Gasteiger partial charge in [-0.2, -0.15) is 5.10 Å². The molecule has 0 aliphatic rings. The van der Waals surface area contributed by atoms with Crippen LogP contribution >= 0.6 is 0 Å². The first-order valence-corrected chi connectivity index (χ1v) is 15.2. The number of halogens is 2. The van der Waals surface area contributed by atoms with Crippen molar-refractivity contribution < 1.29 is 23.1 Å². The second-order valence-corrected chi connectivity index (χ2v) is 14.7. The highest BCUT2D eigenvalue weighted by molar-refractivity contribution is 6.88. The maximum Gasteiger partial charge on any atom is 0.251 e. The highest BCUT2D eigenvalue weighted by atomic mass is 28.3. The third kappa shape index (κ3) is 5.86. The van der Waals surface area contributed by atoms with Crippen LogP contribution in [0.3, 0.4) is 0 Å². The summed E-state index contributed by atoms with van der Waals surface area (Å²) in [5.74, 6) is -1.96. The van der Waals surface area contributed by atoms with Gasteiger partial charge in [0.15, 0.2) is 0 Å². The van der Waals surface area contributed by atoms with Gasteiger partial charge in [-0.15, -0.1) is 0 Å². The van der Waals surface area contributed by atoms with E-state index in [2.05, 4.69) is 15.7 Å². The number of fused-ring (bicyclic) bond motifs is 1. The quantitative estimate of drug-likeness (QED) is 0.337. The monoisotopic (exact) mass is 522 g/mol. The molecule has 10 heteroatoms. The van der Waals surface area contributed by atoms with Gasteiger partial charge >= 0.3 is 0 Å². The van der Waals surface area contributed by atoms with Crippen molar-refractivity contribution in [2.75, 3.05) is 12.4 Å². The maximum atomic E-state index is 14.9. The van der Waals surface area contributed by atoms with Crippen LogP contribution in [0.2, 0.25) is 19.6 Å². The zero-order valence-electron chi connectivity index (χ0n) is 21.0. The van der Waals surface area contributed by atoms with Crippen molar-refractivity contribution in [3.63, 3.8) is 0 Å². The SMILES string of the molecule is COc1ccc(C(NC(=O)Cn2ncc3ccccc32)C(=O)Nc2cc(F)c([Si](C)(C)C)cc2F)cc1. The van der Waals surface area contributed by atoms with E-state index >= 15 is 0 Å². The summed E-state index contributed by atoms with van der Waals surface area (Å²) in [5.41, 5.74) is 0.912. The van der Waals surface area contributed by atoms with E-state index in [4.69, 9.17) is 4.74 Å².